The van der Waals surface area contributed by atoms with E-state index in [4.69, 9.17) is 16.1 Å². The average Bonchev–Trinajstić information content (AvgIpc) is 3.04. The van der Waals surface area contributed by atoms with Crippen molar-refractivity contribution in [2.24, 2.45) is 0 Å². The predicted molar refractivity (Wildman–Crippen MR) is 90.6 cm³/mol. The van der Waals surface area contributed by atoms with Crippen LogP contribution in [0.3, 0.4) is 0 Å². The molecule has 0 saturated carbocycles. The maximum Gasteiger partial charge on any atom is 0.246 e. The lowest BCUT2D eigenvalue weighted by molar-refractivity contribution is 0.375. The summed E-state index contributed by atoms with van der Waals surface area (Å²) in [5, 5.41) is 4.70. The van der Waals surface area contributed by atoms with Gasteiger partial charge in [-0.1, -0.05) is 47.1 Å². The van der Waals surface area contributed by atoms with E-state index >= 15 is 0 Å². The first kappa shape index (κ1) is 14.3. The molecule has 1 aliphatic rings. The highest BCUT2D eigenvalue weighted by molar-refractivity contribution is 6.33. The van der Waals surface area contributed by atoms with Crippen molar-refractivity contribution < 1.29 is 4.52 Å². The molecule has 116 valence electrons. The SMILES string of the molecule is Clc1ccccc1-c1noc(CN2CCCc3ccccc32)n1. The number of rotatable bonds is 3. The third-order valence-corrected chi connectivity index (χ3v) is 4.45. The molecule has 1 aliphatic heterocycles. The largest absolute Gasteiger partial charge is 0.362 e. The van der Waals surface area contributed by atoms with Gasteiger partial charge in [0.05, 0.1) is 11.6 Å². The molecular formula is C18H16ClN3O. The van der Waals surface area contributed by atoms with E-state index in [1.165, 1.54) is 11.3 Å². The summed E-state index contributed by atoms with van der Waals surface area (Å²) in [5.41, 5.74) is 3.43. The monoisotopic (exact) mass is 325 g/mol. The van der Waals surface area contributed by atoms with Crippen LogP contribution in [0.5, 0.6) is 0 Å². The Morgan fingerprint density at radius 1 is 1.09 bits per heavy atom. The molecule has 0 unspecified atom stereocenters. The number of aryl methyl sites for hydroxylation is 1. The van der Waals surface area contributed by atoms with Gasteiger partial charge in [-0.2, -0.15) is 4.98 Å². The summed E-state index contributed by atoms with van der Waals surface area (Å²) in [4.78, 5) is 6.80. The van der Waals surface area contributed by atoms with E-state index in [-0.39, 0.29) is 0 Å². The summed E-state index contributed by atoms with van der Waals surface area (Å²) in [7, 11) is 0. The Kier molecular flexibility index (Phi) is 3.75. The molecule has 0 aliphatic carbocycles. The third-order valence-electron chi connectivity index (χ3n) is 4.12. The van der Waals surface area contributed by atoms with E-state index in [0.717, 1.165) is 24.9 Å². The summed E-state index contributed by atoms with van der Waals surface area (Å²) < 4.78 is 5.43. The van der Waals surface area contributed by atoms with Crippen molar-refractivity contribution in [2.75, 3.05) is 11.4 Å². The number of halogens is 1. The number of anilines is 1. The summed E-state index contributed by atoms with van der Waals surface area (Å²) >= 11 is 6.19. The molecule has 0 amide bonds. The number of aromatic nitrogens is 2. The first-order valence-corrected chi connectivity index (χ1v) is 8.09. The second-order valence-corrected chi connectivity index (χ2v) is 6.05. The van der Waals surface area contributed by atoms with Crippen LogP contribution in [0.15, 0.2) is 53.1 Å². The zero-order chi connectivity index (χ0) is 15.6. The van der Waals surface area contributed by atoms with Crippen molar-refractivity contribution in [3.8, 4) is 11.4 Å². The van der Waals surface area contributed by atoms with Gasteiger partial charge in [0.25, 0.3) is 0 Å². The summed E-state index contributed by atoms with van der Waals surface area (Å²) in [6.45, 7) is 1.62. The van der Waals surface area contributed by atoms with Gasteiger partial charge >= 0.3 is 0 Å². The Bertz CT molecular complexity index is 830. The first-order chi connectivity index (χ1) is 11.3. The van der Waals surface area contributed by atoms with Crippen LogP contribution >= 0.6 is 11.6 Å². The van der Waals surface area contributed by atoms with Crippen LogP contribution < -0.4 is 4.90 Å². The predicted octanol–water partition coefficient (Wildman–Crippen LogP) is 4.34. The lowest BCUT2D eigenvalue weighted by Crippen LogP contribution is -2.28. The zero-order valence-electron chi connectivity index (χ0n) is 12.6. The second-order valence-electron chi connectivity index (χ2n) is 5.65. The number of hydrogen-bond donors (Lipinski definition) is 0. The molecular weight excluding hydrogens is 310 g/mol. The fourth-order valence-corrected chi connectivity index (χ4v) is 3.23. The van der Waals surface area contributed by atoms with Crippen molar-refractivity contribution in [2.45, 2.75) is 19.4 Å². The number of nitrogens with zero attached hydrogens (tertiary/aromatic N) is 3. The van der Waals surface area contributed by atoms with Crippen LogP contribution in [0.4, 0.5) is 5.69 Å². The molecule has 0 saturated heterocycles. The Hall–Kier alpha value is -2.33. The number of para-hydroxylation sites is 1. The minimum absolute atomic E-state index is 0.538. The summed E-state index contributed by atoms with van der Waals surface area (Å²) in [5.74, 6) is 1.15. The van der Waals surface area contributed by atoms with E-state index in [1.807, 2.05) is 24.3 Å². The van der Waals surface area contributed by atoms with Gasteiger partial charge in [-0.25, -0.2) is 0 Å². The number of hydrogen-bond acceptors (Lipinski definition) is 4. The average molecular weight is 326 g/mol. The van der Waals surface area contributed by atoms with E-state index in [1.54, 1.807) is 0 Å². The molecule has 4 rings (SSSR count). The fourth-order valence-electron chi connectivity index (χ4n) is 3.01. The van der Waals surface area contributed by atoms with E-state index < -0.39 is 0 Å². The summed E-state index contributed by atoms with van der Waals surface area (Å²) in [6, 6.07) is 16.0. The molecule has 1 aromatic heterocycles. The van der Waals surface area contributed by atoms with Gasteiger partial charge in [0, 0.05) is 17.8 Å². The molecule has 0 atom stereocenters. The molecule has 0 fully saturated rings. The van der Waals surface area contributed by atoms with Gasteiger partial charge in [0.2, 0.25) is 11.7 Å². The van der Waals surface area contributed by atoms with E-state index in [0.29, 0.717) is 23.3 Å². The molecule has 5 heteroatoms. The third kappa shape index (κ3) is 2.82. The number of benzene rings is 2. The van der Waals surface area contributed by atoms with Gasteiger partial charge in [0.1, 0.15) is 0 Å². The van der Waals surface area contributed by atoms with Gasteiger partial charge in [-0.05, 0) is 36.6 Å². The Balaban J connectivity index is 1.59. The zero-order valence-corrected chi connectivity index (χ0v) is 13.3. The van der Waals surface area contributed by atoms with Crippen LogP contribution in [0.1, 0.15) is 17.9 Å². The lowest BCUT2D eigenvalue weighted by atomic mass is 10.0. The fraction of sp³-hybridized carbons (Fsp3) is 0.222. The van der Waals surface area contributed by atoms with Crippen molar-refractivity contribution in [1.29, 1.82) is 0 Å². The van der Waals surface area contributed by atoms with Crippen LogP contribution in [0.2, 0.25) is 5.02 Å². The highest BCUT2D eigenvalue weighted by Crippen LogP contribution is 2.29. The van der Waals surface area contributed by atoms with Crippen LogP contribution in [0, 0.1) is 0 Å². The van der Waals surface area contributed by atoms with Crippen LogP contribution in [-0.4, -0.2) is 16.7 Å². The van der Waals surface area contributed by atoms with Crippen molar-refractivity contribution in [3.05, 3.63) is 65.0 Å². The lowest BCUT2D eigenvalue weighted by Gasteiger charge is -2.29. The Labute approximate surface area is 139 Å². The molecule has 0 spiro atoms. The van der Waals surface area contributed by atoms with Gasteiger partial charge < -0.3 is 9.42 Å². The van der Waals surface area contributed by atoms with Crippen molar-refractivity contribution in [3.63, 3.8) is 0 Å². The molecule has 0 bridgehead atoms. The smallest absolute Gasteiger partial charge is 0.246 e. The highest BCUT2D eigenvalue weighted by Gasteiger charge is 2.19. The first-order valence-electron chi connectivity index (χ1n) is 7.71. The standard InChI is InChI=1S/C18H16ClN3O/c19-15-9-3-2-8-14(15)18-20-17(23-21-18)12-22-11-5-7-13-6-1-4-10-16(13)22/h1-4,6,8-10H,5,7,11-12H2. The molecule has 2 heterocycles. The number of fused-ring (bicyclic) bond motifs is 1. The molecule has 23 heavy (non-hydrogen) atoms. The van der Waals surface area contributed by atoms with Crippen molar-refractivity contribution in [1.82, 2.24) is 10.1 Å². The maximum absolute atomic E-state index is 6.19. The van der Waals surface area contributed by atoms with E-state index in [2.05, 4.69) is 39.3 Å². The molecule has 0 N–H and O–H groups in total. The minimum Gasteiger partial charge on any atom is -0.362 e. The molecule has 3 aromatic rings. The maximum atomic E-state index is 6.19. The molecule has 2 aromatic carbocycles. The van der Waals surface area contributed by atoms with Crippen LogP contribution in [-0.2, 0) is 13.0 Å². The molecule has 0 radical (unpaired) electrons. The highest BCUT2D eigenvalue weighted by atomic mass is 35.5. The molecule has 4 nitrogen and oxygen atoms in total. The topological polar surface area (TPSA) is 42.2 Å². The normalized spacial score (nSPS) is 13.9. The second kappa shape index (κ2) is 6.05. The van der Waals surface area contributed by atoms with Crippen molar-refractivity contribution >= 4 is 17.3 Å². The minimum atomic E-state index is 0.538. The Morgan fingerprint density at radius 2 is 1.91 bits per heavy atom. The quantitative estimate of drug-likeness (QED) is 0.718. The van der Waals surface area contributed by atoms with Gasteiger partial charge in [-0.3, -0.25) is 0 Å². The summed E-state index contributed by atoms with van der Waals surface area (Å²) in [6.07, 6.45) is 2.27. The van der Waals surface area contributed by atoms with Gasteiger partial charge in [-0.15, -0.1) is 0 Å². The Morgan fingerprint density at radius 3 is 2.83 bits per heavy atom. The van der Waals surface area contributed by atoms with E-state index in [9.17, 15) is 0 Å². The van der Waals surface area contributed by atoms with Gasteiger partial charge in [0.15, 0.2) is 0 Å². The van der Waals surface area contributed by atoms with Crippen LogP contribution in [0.25, 0.3) is 11.4 Å².